The van der Waals surface area contributed by atoms with Gasteiger partial charge in [-0.05, 0) is 29.5 Å². The number of likely N-dealkylation sites (N-methyl/N-ethyl adjacent to an activating group) is 1. The van der Waals surface area contributed by atoms with Crippen LogP contribution in [0.4, 0.5) is 19.8 Å². The summed E-state index contributed by atoms with van der Waals surface area (Å²) < 4.78 is 19.0. The van der Waals surface area contributed by atoms with Crippen LogP contribution in [0.25, 0.3) is 10.8 Å². The zero-order valence-electron chi connectivity index (χ0n) is 19.2. The Morgan fingerprint density at radius 3 is 2.71 bits per heavy atom. The van der Waals surface area contributed by atoms with E-state index in [9.17, 15) is 14.0 Å². The Balaban J connectivity index is 1.56. The van der Waals surface area contributed by atoms with Gasteiger partial charge in [-0.25, -0.2) is 19.0 Å². The molecule has 7 nitrogen and oxygen atoms in total. The van der Waals surface area contributed by atoms with Gasteiger partial charge in [0.05, 0.1) is 11.1 Å². The summed E-state index contributed by atoms with van der Waals surface area (Å²) in [5, 5.41) is 7.26. The summed E-state index contributed by atoms with van der Waals surface area (Å²) in [6.45, 7) is 2.14. The molecule has 0 radical (unpaired) electrons. The van der Waals surface area contributed by atoms with Gasteiger partial charge in [0.25, 0.3) is 0 Å². The number of hydrogen-bond donors (Lipinski definition) is 2. The normalized spacial score (nSPS) is 11.6. The second-order valence-corrected chi connectivity index (χ2v) is 8.30. The number of rotatable bonds is 9. The Morgan fingerprint density at radius 2 is 1.94 bits per heavy atom. The van der Waals surface area contributed by atoms with Gasteiger partial charge in [-0.1, -0.05) is 67.8 Å². The van der Waals surface area contributed by atoms with Crippen LogP contribution in [0.2, 0.25) is 5.02 Å². The van der Waals surface area contributed by atoms with E-state index >= 15 is 0 Å². The van der Waals surface area contributed by atoms with Crippen molar-refractivity contribution in [3.63, 3.8) is 0 Å². The number of carbonyl (C=O) groups is 2. The summed E-state index contributed by atoms with van der Waals surface area (Å²) in [7, 11) is 1.63. The molecule has 1 atom stereocenters. The second kappa shape index (κ2) is 12.2. The Kier molecular flexibility index (Phi) is 9.04. The van der Waals surface area contributed by atoms with E-state index in [1.807, 2.05) is 31.2 Å². The van der Waals surface area contributed by atoms with E-state index in [0.717, 1.165) is 23.6 Å². The number of unbranched alkanes of at least 4 members (excludes halogenated alkanes) is 1. The molecule has 0 saturated heterocycles. The number of nitrogens with one attached hydrogen (secondary N) is 2. The molecule has 0 unspecified atom stereocenters. The number of carbonyl (C=O) groups excluding carboxylic acids is 2. The third-order valence-electron chi connectivity index (χ3n) is 5.49. The SMILES string of the molecule is CCCC[C@@H](COC(=O)Nc1cc2ccccc2cn1)N(C)C(=O)NCc1cccc(F)c1Cl. The molecule has 34 heavy (non-hydrogen) atoms. The molecule has 0 saturated carbocycles. The number of fused-ring (bicyclic) bond motifs is 1. The first-order valence-corrected chi connectivity index (χ1v) is 11.5. The van der Waals surface area contributed by atoms with E-state index in [0.29, 0.717) is 17.8 Å². The lowest BCUT2D eigenvalue weighted by Crippen LogP contribution is -2.46. The van der Waals surface area contributed by atoms with Crippen molar-refractivity contribution in [1.82, 2.24) is 15.2 Å². The third kappa shape index (κ3) is 6.81. The largest absolute Gasteiger partial charge is 0.447 e. The summed E-state index contributed by atoms with van der Waals surface area (Å²) in [5.74, 6) is -0.158. The first-order chi connectivity index (χ1) is 16.4. The molecule has 0 aliphatic heterocycles. The Hall–Kier alpha value is -3.39. The highest BCUT2D eigenvalue weighted by atomic mass is 35.5. The molecule has 0 fully saturated rings. The smallest absolute Gasteiger partial charge is 0.412 e. The van der Waals surface area contributed by atoms with E-state index in [1.165, 1.54) is 17.0 Å². The summed E-state index contributed by atoms with van der Waals surface area (Å²) in [6, 6.07) is 13.2. The van der Waals surface area contributed by atoms with E-state index in [1.54, 1.807) is 25.4 Å². The van der Waals surface area contributed by atoms with Crippen LogP contribution in [0.1, 0.15) is 31.7 Å². The van der Waals surface area contributed by atoms with Crippen LogP contribution in [0.5, 0.6) is 0 Å². The number of ether oxygens (including phenoxy) is 1. The first-order valence-electron chi connectivity index (χ1n) is 11.1. The Morgan fingerprint density at radius 1 is 1.18 bits per heavy atom. The van der Waals surface area contributed by atoms with Gasteiger partial charge in [0.1, 0.15) is 18.2 Å². The molecule has 0 spiro atoms. The molecule has 1 aromatic heterocycles. The van der Waals surface area contributed by atoms with Crippen molar-refractivity contribution >= 4 is 40.3 Å². The highest BCUT2D eigenvalue weighted by Crippen LogP contribution is 2.20. The third-order valence-corrected chi connectivity index (χ3v) is 5.91. The van der Waals surface area contributed by atoms with Crippen LogP contribution < -0.4 is 10.6 Å². The quantitative estimate of drug-likeness (QED) is 0.390. The number of aromatic nitrogens is 1. The maximum Gasteiger partial charge on any atom is 0.412 e. The number of benzene rings is 2. The average Bonchev–Trinajstić information content (AvgIpc) is 2.84. The first kappa shape index (κ1) is 25.2. The molecule has 3 amide bonds. The fourth-order valence-electron chi connectivity index (χ4n) is 3.44. The van der Waals surface area contributed by atoms with Gasteiger partial charge >= 0.3 is 12.1 Å². The molecule has 0 aliphatic carbocycles. The number of hydrogen-bond acceptors (Lipinski definition) is 4. The number of pyridine rings is 1. The highest BCUT2D eigenvalue weighted by Gasteiger charge is 2.22. The predicted molar refractivity (Wildman–Crippen MR) is 131 cm³/mol. The average molecular weight is 487 g/mol. The van der Waals surface area contributed by atoms with Gasteiger partial charge in [-0.2, -0.15) is 0 Å². The van der Waals surface area contributed by atoms with Crippen LogP contribution in [0.3, 0.4) is 0 Å². The van der Waals surface area contributed by atoms with Crippen LogP contribution in [0, 0.1) is 5.82 Å². The lowest BCUT2D eigenvalue weighted by Gasteiger charge is -2.28. The fourth-order valence-corrected chi connectivity index (χ4v) is 3.63. The van der Waals surface area contributed by atoms with Crippen molar-refractivity contribution in [1.29, 1.82) is 0 Å². The molecule has 0 bridgehead atoms. The molecule has 180 valence electrons. The Labute approximate surface area is 203 Å². The minimum atomic E-state index is -0.648. The summed E-state index contributed by atoms with van der Waals surface area (Å²) in [6.07, 6.45) is 3.47. The lowest BCUT2D eigenvalue weighted by molar-refractivity contribution is 0.113. The molecular formula is C25H28ClFN4O3. The van der Waals surface area contributed by atoms with Gasteiger partial charge < -0.3 is 15.0 Å². The van der Waals surface area contributed by atoms with Crippen molar-refractivity contribution in [3.8, 4) is 0 Å². The highest BCUT2D eigenvalue weighted by molar-refractivity contribution is 6.31. The van der Waals surface area contributed by atoms with Gasteiger partial charge in [-0.3, -0.25) is 5.32 Å². The minimum absolute atomic E-state index is 0.0179. The van der Waals surface area contributed by atoms with Gasteiger partial charge in [0.15, 0.2) is 0 Å². The Bertz CT molecular complexity index is 1140. The van der Waals surface area contributed by atoms with Crippen LogP contribution in [-0.4, -0.2) is 41.7 Å². The standard InChI is InChI=1S/C25H28ClFN4O3/c1-3-4-11-20(31(2)24(32)29-15-19-10-7-12-21(27)23(19)26)16-34-25(33)30-22-13-17-8-5-6-9-18(17)14-28-22/h5-10,12-14,20H,3-4,11,15-16H2,1-2H3,(H,29,32)(H,28,30,33)/t20-/m0/s1. The van der Waals surface area contributed by atoms with Crippen LogP contribution in [-0.2, 0) is 11.3 Å². The molecule has 1 heterocycles. The summed E-state index contributed by atoms with van der Waals surface area (Å²) in [4.78, 5) is 30.8. The maximum absolute atomic E-state index is 13.6. The van der Waals surface area contributed by atoms with Gasteiger partial charge in [0.2, 0.25) is 0 Å². The molecular weight excluding hydrogens is 459 g/mol. The maximum atomic E-state index is 13.6. The van der Waals surface area contributed by atoms with Crippen molar-refractivity contribution in [2.45, 2.75) is 38.8 Å². The van der Waals surface area contributed by atoms with Gasteiger partial charge in [-0.15, -0.1) is 0 Å². The lowest BCUT2D eigenvalue weighted by atomic mass is 10.1. The van der Waals surface area contributed by atoms with Gasteiger partial charge in [0, 0.05) is 25.2 Å². The molecule has 0 aliphatic rings. The summed E-state index contributed by atoms with van der Waals surface area (Å²) >= 11 is 5.96. The molecule has 3 aromatic rings. The number of amides is 3. The molecule has 2 N–H and O–H groups in total. The van der Waals surface area contributed by atoms with Crippen molar-refractivity contribution in [2.75, 3.05) is 19.0 Å². The number of urea groups is 1. The predicted octanol–water partition coefficient (Wildman–Crippen LogP) is 5.98. The molecule has 3 rings (SSSR count). The number of halogens is 2. The van der Waals surface area contributed by atoms with E-state index in [4.69, 9.17) is 16.3 Å². The van der Waals surface area contributed by atoms with Crippen LogP contribution in [0.15, 0.2) is 54.7 Å². The topological polar surface area (TPSA) is 83.6 Å². The van der Waals surface area contributed by atoms with Crippen molar-refractivity contribution < 1.29 is 18.7 Å². The van der Waals surface area contributed by atoms with E-state index in [-0.39, 0.29) is 30.2 Å². The zero-order chi connectivity index (χ0) is 24.5. The van der Waals surface area contributed by atoms with Crippen LogP contribution >= 0.6 is 11.6 Å². The summed E-state index contributed by atoms with van der Waals surface area (Å²) in [5.41, 5.74) is 0.479. The molecule has 2 aromatic carbocycles. The zero-order valence-corrected chi connectivity index (χ0v) is 19.9. The number of anilines is 1. The molecule has 9 heteroatoms. The van der Waals surface area contributed by atoms with Crippen molar-refractivity contribution in [2.24, 2.45) is 0 Å². The monoisotopic (exact) mass is 486 g/mol. The minimum Gasteiger partial charge on any atom is -0.447 e. The van der Waals surface area contributed by atoms with E-state index < -0.39 is 11.9 Å². The second-order valence-electron chi connectivity index (χ2n) is 7.92. The van der Waals surface area contributed by atoms with E-state index in [2.05, 4.69) is 15.6 Å². The number of nitrogens with zero attached hydrogens (tertiary/aromatic N) is 2. The van der Waals surface area contributed by atoms with Crippen molar-refractivity contribution in [3.05, 3.63) is 71.1 Å². The fraction of sp³-hybridized carbons (Fsp3) is 0.320.